The van der Waals surface area contributed by atoms with Crippen molar-refractivity contribution in [3.05, 3.63) is 65.9 Å². The average molecular weight is 416 g/mol. The topological polar surface area (TPSA) is 39.1 Å². The number of hydrogen-bond acceptors (Lipinski definition) is 2. The molecule has 0 unspecified atom stereocenters. The van der Waals surface area contributed by atoms with Gasteiger partial charge >= 0.3 is 0 Å². The molecule has 3 aromatic rings. The molecule has 0 saturated carbocycles. The van der Waals surface area contributed by atoms with Crippen LogP contribution in [0.4, 0.5) is 0 Å². The van der Waals surface area contributed by atoms with E-state index in [1.54, 1.807) is 30.5 Å². The van der Waals surface area contributed by atoms with Crippen LogP contribution in [-0.4, -0.2) is 17.7 Å². The molecule has 0 fully saturated rings. The normalized spacial score (nSPS) is 11.3. The van der Waals surface area contributed by atoms with Crippen molar-refractivity contribution < 1.29 is 8.42 Å². The number of para-hydroxylation sites is 1. The van der Waals surface area contributed by atoms with E-state index in [9.17, 15) is 8.42 Å². The molecule has 0 amide bonds. The molecular weight excluding hydrogens is 398 g/mol. The van der Waals surface area contributed by atoms with Gasteiger partial charge in [0.25, 0.3) is 10.0 Å². The van der Waals surface area contributed by atoms with E-state index in [0.717, 1.165) is 34.7 Å². The molecular formula is C20H18BrNO2S. The molecule has 5 heteroatoms. The number of benzene rings is 2. The van der Waals surface area contributed by atoms with E-state index >= 15 is 0 Å². The summed E-state index contributed by atoms with van der Waals surface area (Å²) in [5.41, 5.74) is 2.41. The summed E-state index contributed by atoms with van der Waals surface area (Å²) >= 11 is 3.39. The molecule has 128 valence electrons. The fourth-order valence-electron chi connectivity index (χ4n) is 2.59. The molecule has 25 heavy (non-hydrogen) atoms. The first-order chi connectivity index (χ1) is 12.0. The number of halogens is 1. The van der Waals surface area contributed by atoms with Crippen LogP contribution >= 0.6 is 15.9 Å². The zero-order chi connectivity index (χ0) is 17.9. The Morgan fingerprint density at radius 2 is 1.80 bits per heavy atom. The van der Waals surface area contributed by atoms with E-state index < -0.39 is 10.0 Å². The lowest BCUT2D eigenvalue weighted by molar-refractivity contribution is 0.589. The predicted octanol–water partition coefficient (Wildman–Crippen LogP) is 4.71. The molecule has 2 aromatic carbocycles. The fourth-order valence-corrected chi connectivity index (χ4v) is 4.23. The van der Waals surface area contributed by atoms with Crippen molar-refractivity contribution in [3.8, 4) is 11.8 Å². The van der Waals surface area contributed by atoms with Gasteiger partial charge < -0.3 is 0 Å². The van der Waals surface area contributed by atoms with E-state index in [2.05, 4.69) is 27.8 Å². The Bertz CT molecular complexity index is 1050. The molecule has 1 aromatic heterocycles. The zero-order valence-corrected chi connectivity index (χ0v) is 16.3. The SMILES string of the molecule is Cc1ccc(S(=O)(=O)n2cc(C#CCCCBr)c3ccccc32)cc1. The summed E-state index contributed by atoms with van der Waals surface area (Å²) in [6.07, 6.45) is 3.36. The highest BCUT2D eigenvalue weighted by molar-refractivity contribution is 9.09. The van der Waals surface area contributed by atoms with E-state index in [0.29, 0.717) is 5.52 Å². The summed E-state index contributed by atoms with van der Waals surface area (Å²) in [5, 5.41) is 1.76. The van der Waals surface area contributed by atoms with Gasteiger partial charge in [-0.3, -0.25) is 0 Å². The second-order valence-corrected chi connectivity index (χ2v) is 8.38. The number of rotatable bonds is 4. The van der Waals surface area contributed by atoms with Crippen molar-refractivity contribution in [2.24, 2.45) is 0 Å². The largest absolute Gasteiger partial charge is 0.268 e. The first-order valence-corrected chi connectivity index (χ1v) is 10.6. The van der Waals surface area contributed by atoms with Gasteiger partial charge in [-0.15, -0.1) is 0 Å². The Morgan fingerprint density at radius 3 is 2.52 bits per heavy atom. The minimum atomic E-state index is -3.66. The Kier molecular flexibility index (Phi) is 5.31. The highest BCUT2D eigenvalue weighted by Crippen LogP contribution is 2.25. The van der Waals surface area contributed by atoms with E-state index in [1.807, 2.05) is 31.2 Å². The lowest BCUT2D eigenvalue weighted by Gasteiger charge is -2.07. The number of fused-ring (bicyclic) bond motifs is 1. The lowest BCUT2D eigenvalue weighted by Crippen LogP contribution is -2.11. The summed E-state index contributed by atoms with van der Waals surface area (Å²) in [6, 6.07) is 14.3. The third kappa shape index (κ3) is 3.65. The third-order valence-electron chi connectivity index (χ3n) is 3.91. The molecule has 0 atom stereocenters. The van der Waals surface area contributed by atoms with Gasteiger partial charge in [0.05, 0.1) is 16.0 Å². The molecule has 3 nitrogen and oxygen atoms in total. The molecule has 1 heterocycles. The maximum atomic E-state index is 13.1. The molecule has 0 N–H and O–H groups in total. The van der Waals surface area contributed by atoms with Crippen LogP contribution in [0, 0.1) is 18.8 Å². The van der Waals surface area contributed by atoms with Crippen LogP contribution in [0.2, 0.25) is 0 Å². The Morgan fingerprint density at radius 1 is 1.08 bits per heavy atom. The van der Waals surface area contributed by atoms with Crippen molar-refractivity contribution in [2.75, 3.05) is 5.33 Å². The summed E-state index contributed by atoms with van der Waals surface area (Å²) in [5.74, 6) is 6.24. The van der Waals surface area contributed by atoms with Crippen LogP contribution in [0.25, 0.3) is 10.9 Å². The molecule has 0 saturated heterocycles. The summed E-state index contributed by atoms with van der Waals surface area (Å²) in [6.45, 7) is 1.93. The second kappa shape index (κ2) is 7.47. The first-order valence-electron chi connectivity index (χ1n) is 8.01. The van der Waals surface area contributed by atoms with Gasteiger partial charge in [0.2, 0.25) is 0 Å². The van der Waals surface area contributed by atoms with Crippen LogP contribution in [0.5, 0.6) is 0 Å². The number of unbranched alkanes of at least 4 members (excludes halogenated alkanes) is 1. The Labute approximate surface area is 156 Å². The molecule has 0 aliphatic rings. The maximum absolute atomic E-state index is 13.1. The molecule has 0 aliphatic heterocycles. The molecule has 0 radical (unpaired) electrons. The minimum absolute atomic E-state index is 0.276. The first kappa shape index (κ1) is 17.8. The number of aryl methyl sites for hydroxylation is 1. The standard InChI is InChI=1S/C20H18BrNO2S/c1-16-10-12-18(13-11-16)25(23,24)22-15-17(7-3-2-6-14-21)19-8-4-5-9-20(19)22/h4-5,8-13,15H,2,6,14H2,1H3. The molecule has 0 spiro atoms. The predicted molar refractivity (Wildman–Crippen MR) is 106 cm³/mol. The van der Waals surface area contributed by atoms with Gasteiger partial charge in [0, 0.05) is 23.3 Å². The fraction of sp³-hybridized carbons (Fsp3) is 0.200. The molecule has 0 aliphatic carbocycles. The van der Waals surface area contributed by atoms with Crippen LogP contribution in [0.3, 0.4) is 0 Å². The van der Waals surface area contributed by atoms with Gasteiger partial charge in [-0.25, -0.2) is 12.4 Å². The molecule has 0 bridgehead atoms. The number of hydrogen-bond donors (Lipinski definition) is 0. The Balaban J connectivity index is 2.13. The van der Waals surface area contributed by atoms with E-state index in [-0.39, 0.29) is 4.90 Å². The van der Waals surface area contributed by atoms with E-state index in [4.69, 9.17) is 0 Å². The Hall–Kier alpha value is -2.03. The highest BCUT2D eigenvalue weighted by Gasteiger charge is 2.20. The summed E-state index contributed by atoms with van der Waals surface area (Å²) in [4.78, 5) is 0.276. The second-order valence-electron chi connectivity index (χ2n) is 5.77. The quantitative estimate of drug-likeness (QED) is 0.351. The lowest BCUT2D eigenvalue weighted by atomic mass is 10.2. The van der Waals surface area contributed by atoms with Gasteiger partial charge in [0.1, 0.15) is 0 Å². The van der Waals surface area contributed by atoms with Crippen molar-refractivity contribution in [2.45, 2.75) is 24.7 Å². The summed E-state index contributed by atoms with van der Waals surface area (Å²) < 4.78 is 27.4. The monoisotopic (exact) mass is 415 g/mol. The smallest absolute Gasteiger partial charge is 0.240 e. The van der Waals surface area contributed by atoms with Gasteiger partial charge in [-0.05, 0) is 31.5 Å². The molecule has 3 rings (SSSR count). The van der Waals surface area contributed by atoms with Crippen molar-refractivity contribution in [1.82, 2.24) is 3.97 Å². The van der Waals surface area contributed by atoms with E-state index in [1.165, 1.54) is 3.97 Å². The highest BCUT2D eigenvalue weighted by atomic mass is 79.9. The van der Waals surface area contributed by atoms with Gasteiger partial charge in [-0.2, -0.15) is 0 Å². The average Bonchev–Trinajstić information content (AvgIpc) is 2.99. The van der Waals surface area contributed by atoms with Crippen LogP contribution in [-0.2, 0) is 10.0 Å². The van der Waals surface area contributed by atoms with Crippen LogP contribution in [0.15, 0.2) is 59.6 Å². The van der Waals surface area contributed by atoms with Crippen LogP contribution in [0.1, 0.15) is 24.0 Å². The van der Waals surface area contributed by atoms with Gasteiger partial charge in [0.15, 0.2) is 0 Å². The van der Waals surface area contributed by atoms with Crippen molar-refractivity contribution in [1.29, 1.82) is 0 Å². The summed E-state index contributed by atoms with van der Waals surface area (Å²) in [7, 11) is -3.66. The zero-order valence-electron chi connectivity index (χ0n) is 13.9. The number of nitrogens with zero attached hydrogens (tertiary/aromatic N) is 1. The minimum Gasteiger partial charge on any atom is -0.240 e. The number of alkyl halides is 1. The maximum Gasteiger partial charge on any atom is 0.268 e. The van der Waals surface area contributed by atoms with Crippen molar-refractivity contribution >= 4 is 36.9 Å². The van der Waals surface area contributed by atoms with Gasteiger partial charge in [-0.1, -0.05) is 63.7 Å². The number of aromatic nitrogens is 1. The van der Waals surface area contributed by atoms with Crippen molar-refractivity contribution in [3.63, 3.8) is 0 Å². The third-order valence-corrected chi connectivity index (χ3v) is 6.16. The van der Waals surface area contributed by atoms with Crippen LogP contribution < -0.4 is 0 Å².